The van der Waals surface area contributed by atoms with Crippen molar-refractivity contribution in [2.45, 2.75) is 13.8 Å². The molecule has 0 aliphatic carbocycles. The van der Waals surface area contributed by atoms with Gasteiger partial charge in [0.2, 0.25) is 5.91 Å². The Balaban J connectivity index is 1.74. The summed E-state index contributed by atoms with van der Waals surface area (Å²) < 4.78 is 1.12. The number of para-hydroxylation sites is 1. The number of carbonyl (C=O) groups excluding carboxylic acids is 2. The van der Waals surface area contributed by atoms with Crippen molar-refractivity contribution in [3.05, 3.63) is 41.3 Å². The lowest BCUT2D eigenvalue weighted by Crippen LogP contribution is -2.43. The van der Waals surface area contributed by atoms with Crippen LogP contribution in [-0.2, 0) is 4.79 Å². The smallest absolute Gasteiger partial charge is 0.273 e. The van der Waals surface area contributed by atoms with Gasteiger partial charge in [-0.05, 0) is 24.3 Å². The van der Waals surface area contributed by atoms with Gasteiger partial charge in [0.1, 0.15) is 5.01 Å². The third-order valence-corrected chi connectivity index (χ3v) is 5.45. The highest BCUT2D eigenvalue weighted by atomic mass is 32.1. The van der Waals surface area contributed by atoms with Gasteiger partial charge in [-0.3, -0.25) is 20.4 Å². The fourth-order valence-electron chi connectivity index (χ4n) is 1.88. The van der Waals surface area contributed by atoms with Crippen molar-refractivity contribution in [3.63, 3.8) is 0 Å². The van der Waals surface area contributed by atoms with E-state index in [1.54, 1.807) is 31.3 Å². The highest BCUT2D eigenvalue weighted by Crippen LogP contribution is 2.34. The summed E-state index contributed by atoms with van der Waals surface area (Å²) in [5.41, 5.74) is 5.79. The van der Waals surface area contributed by atoms with E-state index >= 15 is 0 Å². The number of hydrogen-bond donors (Lipinski definition) is 2. The molecule has 0 fully saturated rings. The molecular formula is C16H15N3O2S2. The second-order valence-corrected chi connectivity index (χ2v) is 7.36. The van der Waals surface area contributed by atoms with Gasteiger partial charge < -0.3 is 0 Å². The highest BCUT2D eigenvalue weighted by molar-refractivity contribution is 7.26. The maximum Gasteiger partial charge on any atom is 0.279 e. The van der Waals surface area contributed by atoms with Crippen LogP contribution in [0.3, 0.4) is 0 Å². The fourth-order valence-corrected chi connectivity index (χ4v) is 3.80. The van der Waals surface area contributed by atoms with Crippen molar-refractivity contribution in [1.29, 1.82) is 0 Å². The van der Waals surface area contributed by atoms with Crippen LogP contribution < -0.4 is 10.9 Å². The normalized spacial score (nSPS) is 10.9. The predicted molar refractivity (Wildman–Crippen MR) is 93.4 cm³/mol. The first-order chi connectivity index (χ1) is 11.0. The summed E-state index contributed by atoms with van der Waals surface area (Å²) in [6.45, 7) is 3.52. The van der Waals surface area contributed by atoms with E-state index < -0.39 is 0 Å². The number of aromatic nitrogens is 1. The summed E-state index contributed by atoms with van der Waals surface area (Å²) in [5, 5.41) is 0.890. The lowest BCUT2D eigenvalue weighted by atomic mass is 10.2. The van der Waals surface area contributed by atoms with Crippen molar-refractivity contribution >= 4 is 44.7 Å². The largest absolute Gasteiger partial charge is 0.279 e. The second-order valence-electron chi connectivity index (χ2n) is 5.25. The molecule has 2 amide bonds. The van der Waals surface area contributed by atoms with Crippen LogP contribution in [0.5, 0.6) is 0 Å². The van der Waals surface area contributed by atoms with Crippen molar-refractivity contribution in [2.75, 3.05) is 0 Å². The minimum Gasteiger partial charge on any atom is -0.273 e. The number of amides is 2. The molecule has 7 heteroatoms. The lowest BCUT2D eigenvalue weighted by molar-refractivity contribution is -0.124. The molecule has 0 atom stereocenters. The standard InChI is InChI=1S/C16H15N3O2S2/c1-9(2)14(20)18-19-15(21)12-7-8-13(22-12)16-17-10-5-3-4-6-11(10)23-16/h3-9H,1-2H3,(H,18,20)(H,19,21). The van der Waals surface area contributed by atoms with Gasteiger partial charge in [-0.15, -0.1) is 22.7 Å². The molecule has 0 radical (unpaired) electrons. The number of carbonyl (C=O) groups is 2. The molecule has 0 aliphatic rings. The fraction of sp³-hybridized carbons (Fsp3) is 0.188. The molecule has 0 unspecified atom stereocenters. The van der Waals surface area contributed by atoms with E-state index in [0.717, 1.165) is 20.1 Å². The maximum absolute atomic E-state index is 12.1. The summed E-state index contributed by atoms with van der Waals surface area (Å²) in [7, 11) is 0. The predicted octanol–water partition coefficient (Wildman–Crippen LogP) is 3.44. The number of benzene rings is 1. The van der Waals surface area contributed by atoms with E-state index in [2.05, 4.69) is 15.8 Å². The molecule has 0 saturated heterocycles. The molecule has 2 aromatic heterocycles. The topological polar surface area (TPSA) is 71.1 Å². The molecule has 5 nitrogen and oxygen atoms in total. The summed E-state index contributed by atoms with van der Waals surface area (Å²) in [6, 6.07) is 11.5. The first kappa shape index (κ1) is 15.6. The third kappa shape index (κ3) is 3.40. The Morgan fingerprint density at radius 1 is 1.04 bits per heavy atom. The zero-order chi connectivity index (χ0) is 16.4. The summed E-state index contributed by atoms with van der Waals surface area (Å²) >= 11 is 2.95. The minimum atomic E-state index is -0.323. The Labute approximate surface area is 141 Å². The first-order valence-electron chi connectivity index (χ1n) is 7.10. The Bertz CT molecular complexity index is 834. The van der Waals surface area contributed by atoms with Crippen molar-refractivity contribution in [2.24, 2.45) is 5.92 Å². The summed E-state index contributed by atoms with van der Waals surface area (Å²) in [5.74, 6) is -0.727. The maximum atomic E-state index is 12.1. The summed E-state index contributed by atoms with van der Waals surface area (Å²) in [6.07, 6.45) is 0. The van der Waals surface area contributed by atoms with E-state index in [-0.39, 0.29) is 17.7 Å². The highest BCUT2D eigenvalue weighted by Gasteiger charge is 2.14. The van der Waals surface area contributed by atoms with Gasteiger partial charge in [-0.1, -0.05) is 26.0 Å². The van der Waals surface area contributed by atoms with E-state index in [1.165, 1.54) is 11.3 Å². The van der Waals surface area contributed by atoms with Gasteiger partial charge in [0.15, 0.2) is 0 Å². The Kier molecular flexibility index (Phi) is 4.40. The van der Waals surface area contributed by atoms with E-state index in [0.29, 0.717) is 4.88 Å². The number of thiazole rings is 1. The van der Waals surface area contributed by atoms with Gasteiger partial charge in [0.25, 0.3) is 5.91 Å². The number of fused-ring (bicyclic) bond motifs is 1. The van der Waals surface area contributed by atoms with Gasteiger partial charge in [0, 0.05) is 5.92 Å². The molecule has 2 heterocycles. The molecule has 0 spiro atoms. The second kappa shape index (κ2) is 6.47. The molecule has 0 saturated carbocycles. The van der Waals surface area contributed by atoms with E-state index in [9.17, 15) is 9.59 Å². The quantitative estimate of drug-likeness (QED) is 0.714. The Hall–Kier alpha value is -2.25. The average Bonchev–Trinajstić information content (AvgIpc) is 3.18. The molecule has 2 N–H and O–H groups in total. The van der Waals surface area contributed by atoms with Crippen LogP contribution >= 0.6 is 22.7 Å². The van der Waals surface area contributed by atoms with E-state index in [1.807, 2.05) is 30.3 Å². The zero-order valence-electron chi connectivity index (χ0n) is 12.6. The molecule has 118 valence electrons. The van der Waals surface area contributed by atoms with Gasteiger partial charge in [-0.25, -0.2) is 4.98 Å². The zero-order valence-corrected chi connectivity index (χ0v) is 14.3. The molecule has 23 heavy (non-hydrogen) atoms. The third-order valence-electron chi connectivity index (χ3n) is 3.16. The van der Waals surface area contributed by atoms with Crippen LogP contribution in [0.15, 0.2) is 36.4 Å². The molecule has 0 bridgehead atoms. The van der Waals surface area contributed by atoms with Crippen LogP contribution in [0.25, 0.3) is 20.1 Å². The number of hydrazine groups is 1. The Morgan fingerprint density at radius 3 is 2.57 bits per heavy atom. The summed E-state index contributed by atoms with van der Waals surface area (Å²) in [4.78, 5) is 29.6. The molecular weight excluding hydrogens is 330 g/mol. The first-order valence-corrected chi connectivity index (χ1v) is 8.74. The van der Waals surface area contributed by atoms with Crippen LogP contribution in [0, 0.1) is 5.92 Å². The van der Waals surface area contributed by atoms with Crippen LogP contribution in [0.2, 0.25) is 0 Å². The van der Waals surface area contributed by atoms with Crippen LogP contribution in [0.4, 0.5) is 0 Å². The SMILES string of the molecule is CC(C)C(=O)NNC(=O)c1ccc(-c2nc3ccccc3s2)s1. The number of hydrogen-bond acceptors (Lipinski definition) is 5. The van der Waals surface area contributed by atoms with Crippen LogP contribution in [-0.4, -0.2) is 16.8 Å². The number of nitrogens with zero attached hydrogens (tertiary/aromatic N) is 1. The number of rotatable bonds is 3. The number of nitrogens with one attached hydrogen (secondary N) is 2. The molecule has 1 aromatic carbocycles. The van der Waals surface area contributed by atoms with E-state index in [4.69, 9.17) is 0 Å². The number of thiophene rings is 1. The van der Waals surface area contributed by atoms with Gasteiger partial charge >= 0.3 is 0 Å². The molecule has 0 aliphatic heterocycles. The monoisotopic (exact) mass is 345 g/mol. The van der Waals surface area contributed by atoms with Gasteiger partial charge in [-0.2, -0.15) is 0 Å². The average molecular weight is 345 g/mol. The van der Waals surface area contributed by atoms with Crippen molar-refractivity contribution in [3.8, 4) is 9.88 Å². The van der Waals surface area contributed by atoms with Crippen LogP contribution in [0.1, 0.15) is 23.5 Å². The lowest BCUT2D eigenvalue weighted by Gasteiger charge is -2.07. The van der Waals surface area contributed by atoms with Gasteiger partial charge in [0.05, 0.1) is 20.0 Å². The Morgan fingerprint density at radius 2 is 1.83 bits per heavy atom. The minimum absolute atomic E-state index is 0.183. The van der Waals surface area contributed by atoms with Crippen molar-refractivity contribution in [1.82, 2.24) is 15.8 Å². The molecule has 3 rings (SSSR count). The van der Waals surface area contributed by atoms with Crippen molar-refractivity contribution < 1.29 is 9.59 Å². The molecule has 3 aromatic rings.